The molecule has 1 aliphatic rings. The molecule has 0 amide bonds. The van der Waals surface area contributed by atoms with Crippen LogP contribution in [0.25, 0.3) is 10.2 Å². The molecule has 0 saturated heterocycles. The van der Waals surface area contributed by atoms with Crippen LogP contribution >= 0.6 is 11.3 Å². The number of aromatic amines is 1. The van der Waals surface area contributed by atoms with E-state index in [1.807, 2.05) is 18.2 Å². The van der Waals surface area contributed by atoms with Gasteiger partial charge >= 0.3 is 0 Å². The summed E-state index contributed by atoms with van der Waals surface area (Å²) in [5, 5.41) is 0.837. The monoisotopic (exact) mass is 352 g/mol. The van der Waals surface area contributed by atoms with Crippen molar-refractivity contribution in [1.82, 2.24) is 9.97 Å². The molecule has 2 heterocycles. The predicted octanol–water partition coefficient (Wildman–Crippen LogP) is 4.73. The molecule has 130 valence electrons. The number of nitrogens with one attached hydrogen (secondary N) is 1. The number of rotatable bonds is 2. The second kappa shape index (κ2) is 6.10. The van der Waals surface area contributed by atoms with Gasteiger partial charge in [-0.1, -0.05) is 51.1 Å². The molecule has 0 saturated carbocycles. The van der Waals surface area contributed by atoms with Crippen LogP contribution in [0, 0.1) is 11.3 Å². The average Bonchev–Trinajstić information content (AvgIpc) is 2.92. The van der Waals surface area contributed by atoms with Crippen LogP contribution in [0.15, 0.2) is 35.1 Å². The topological polar surface area (TPSA) is 45.8 Å². The SMILES string of the molecule is CC(C)(C)C1CCc2c(sc3nc(Cc4ccccc4)[nH]c(=O)c23)C1. The summed E-state index contributed by atoms with van der Waals surface area (Å²) in [4.78, 5) is 22.8. The van der Waals surface area contributed by atoms with E-state index in [9.17, 15) is 4.79 Å². The molecule has 2 aromatic heterocycles. The van der Waals surface area contributed by atoms with Gasteiger partial charge in [-0.25, -0.2) is 4.98 Å². The minimum absolute atomic E-state index is 0.0302. The Morgan fingerprint density at radius 2 is 2.00 bits per heavy atom. The summed E-state index contributed by atoms with van der Waals surface area (Å²) < 4.78 is 0. The van der Waals surface area contributed by atoms with E-state index in [-0.39, 0.29) is 5.56 Å². The minimum atomic E-state index is 0.0302. The van der Waals surface area contributed by atoms with Crippen LogP contribution in [0.3, 0.4) is 0 Å². The standard InChI is InChI=1S/C21H24N2OS/c1-21(2,3)14-9-10-15-16(12-14)25-20-18(15)19(24)22-17(23-20)11-13-7-5-4-6-8-13/h4-8,14H,9-12H2,1-3H3,(H,22,23,24). The third-order valence-electron chi connectivity index (χ3n) is 5.41. The van der Waals surface area contributed by atoms with Crippen LogP contribution < -0.4 is 5.56 Å². The third kappa shape index (κ3) is 3.15. The van der Waals surface area contributed by atoms with Gasteiger partial charge in [0.15, 0.2) is 0 Å². The van der Waals surface area contributed by atoms with Gasteiger partial charge < -0.3 is 4.98 Å². The molecule has 0 spiro atoms. The highest BCUT2D eigenvalue weighted by Crippen LogP contribution is 2.41. The van der Waals surface area contributed by atoms with Crippen molar-refractivity contribution in [3.8, 4) is 0 Å². The molecule has 1 aromatic carbocycles. The summed E-state index contributed by atoms with van der Waals surface area (Å²) >= 11 is 1.73. The predicted molar refractivity (Wildman–Crippen MR) is 104 cm³/mol. The third-order valence-corrected chi connectivity index (χ3v) is 6.56. The van der Waals surface area contributed by atoms with Crippen molar-refractivity contribution in [2.45, 2.75) is 46.5 Å². The molecule has 3 aromatic rings. The van der Waals surface area contributed by atoms with Crippen molar-refractivity contribution in [3.63, 3.8) is 0 Å². The van der Waals surface area contributed by atoms with Gasteiger partial charge in [-0.3, -0.25) is 4.79 Å². The highest BCUT2D eigenvalue weighted by molar-refractivity contribution is 7.18. The van der Waals surface area contributed by atoms with Crippen molar-refractivity contribution in [2.75, 3.05) is 0 Å². The van der Waals surface area contributed by atoms with Crippen molar-refractivity contribution in [2.24, 2.45) is 11.3 Å². The fraction of sp³-hybridized carbons (Fsp3) is 0.429. The van der Waals surface area contributed by atoms with Crippen LogP contribution in [-0.4, -0.2) is 9.97 Å². The number of thiophene rings is 1. The second-order valence-electron chi connectivity index (χ2n) is 8.16. The lowest BCUT2D eigenvalue weighted by molar-refractivity contribution is 0.218. The fourth-order valence-electron chi connectivity index (χ4n) is 3.84. The van der Waals surface area contributed by atoms with Crippen molar-refractivity contribution >= 4 is 21.6 Å². The Morgan fingerprint density at radius 1 is 1.24 bits per heavy atom. The Morgan fingerprint density at radius 3 is 2.72 bits per heavy atom. The van der Waals surface area contributed by atoms with E-state index < -0.39 is 0 Å². The van der Waals surface area contributed by atoms with Crippen LogP contribution in [0.5, 0.6) is 0 Å². The van der Waals surface area contributed by atoms with E-state index in [0.717, 1.165) is 35.3 Å². The number of hydrogen-bond donors (Lipinski definition) is 1. The van der Waals surface area contributed by atoms with Crippen molar-refractivity contribution in [3.05, 3.63) is 62.5 Å². The molecule has 25 heavy (non-hydrogen) atoms. The van der Waals surface area contributed by atoms with E-state index in [1.165, 1.54) is 16.0 Å². The maximum absolute atomic E-state index is 12.7. The first kappa shape index (κ1) is 16.5. The molecule has 4 heteroatoms. The number of benzene rings is 1. The molecule has 1 aliphatic carbocycles. The van der Waals surface area contributed by atoms with Gasteiger partial charge in [0.25, 0.3) is 5.56 Å². The Kier molecular flexibility index (Phi) is 4.03. The van der Waals surface area contributed by atoms with Gasteiger partial charge in [0, 0.05) is 11.3 Å². The van der Waals surface area contributed by atoms with E-state index in [4.69, 9.17) is 4.98 Å². The van der Waals surface area contributed by atoms with Gasteiger partial charge in [-0.2, -0.15) is 0 Å². The van der Waals surface area contributed by atoms with Gasteiger partial charge in [-0.15, -0.1) is 11.3 Å². The van der Waals surface area contributed by atoms with Crippen molar-refractivity contribution < 1.29 is 0 Å². The van der Waals surface area contributed by atoms with Crippen LogP contribution in [-0.2, 0) is 19.3 Å². The number of hydrogen-bond acceptors (Lipinski definition) is 3. The molecule has 0 radical (unpaired) electrons. The summed E-state index contributed by atoms with van der Waals surface area (Å²) in [6.45, 7) is 6.96. The first-order valence-corrected chi connectivity index (χ1v) is 9.81. The van der Waals surface area contributed by atoms with E-state index in [1.54, 1.807) is 11.3 Å². The molecule has 1 N–H and O–H groups in total. The Balaban J connectivity index is 1.72. The number of aromatic nitrogens is 2. The molecular formula is C21H24N2OS. The van der Waals surface area contributed by atoms with Crippen LogP contribution in [0.2, 0.25) is 0 Å². The average molecular weight is 353 g/mol. The van der Waals surface area contributed by atoms with E-state index >= 15 is 0 Å². The largest absolute Gasteiger partial charge is 0.310 e. The summed E-state index contributed by atoms with van der Waals surface area (Å²) in [6.07, 6.45) is 3.90. The molecule has 0 fully saturated rings. The van der Waals surface area contributed by atoms with E-state index in [0.29, 0.717) is 17.8 Å². The molecule has 3 nitrogen and oxygen atoms in total. The Hall–Kier alpha value is -1.94. The smallest absolute Gasteiger partial charge is 0.259 e. The molecule has 1 unspecified atom stereocenters. The number of nitrogens with zero attached hydrogens (tertiary/aromatic N) is 1. The second-order valence-corrected chi connectivity index (χ2v) is 9.25. The lowest BCUT2D eigenvalue weighted by Crippen LogP contribution is -2.26. The Labute approximate surface area is 152 Å². The van der Waals surface area contributed by atoms with Gasteiger partial charge in [-0.05, 0) is 41.7 Å². The highest BCUT2D eigenvalue weighted by Gasteiger charge is 2.31. The zero-order valence-electron chi connectivity index (χ0n) is 15.1. The maximum atomic E-state index is 12.7. The molecular weight excluding hydrogens is 328 g/mol. The van der Waals surface area contributed by atoms with Gasteiger partial charge in [0.1, 0.15) is 10.7 Å². The van der Waals surface area contributed by atoms with Crippen LogP contribution in [0.4, 0.5) is 0 Å². The van der Waals surface area contributed by atoms with E-state index in [2.05, 4.69) is 37.9 Å². The normalized spacial score (nSPS) is 17.6. The minimum Gasteiger partial charge on any atom is -0.310 e. The van der Waals surface area contributed by atoms with Gasteiger partial charge in [0.2, 0.25) is 0 Å². The lowest BCUT2D eigenvalue weighted by atomic mass is 9.72. The number of H-pyrrole nitrogens is 1. The highest BCUT2D eigenvalue weighted by atomic mass is 32.1. The number of aryl methyl sites for hydroxylation is 1. The first-order valence-electron chi connectivity index (χ1n) is 8.99. The van der Waals surface area contributed by atoms with Gasteiger partial charge in [0.05, 0.1) is 5.39 Å². The summed E-state index contributed by atoms with van der Waals surface area (Å²) in [7, 11) is 0. The maximum Gasteiger partial charge on any atom is 0.259 e. The molecule has 1 atom stereocenters. The molecule has 0 aliphatic heterocycles. The summed E-state index contributed by atoms with van der Waals surface area (Å²) in [5.74, 6) is 1.44. The fourth-order valence-corrected chi connectivity index (χ4v) is 5.16. The zero-order chi connectivity index (χ0) is 17.6. The quantitative estimate of drug-likeness (QED) is 0.725. The lowest BCUT2D eigenvalue weighted by Gasteiger charge is -2.33. The zero-order valence-corrected chi connectivity index (χ0v) is 15.9. The summed E-state index contributed by atoms with van der Waals surface area (Å²) in [5.41, 5.74) is 2.76. The van der Waals surface area contributed by atoms with Crippen LogP contribution in [0.1, 0.15) is 49.0 Å². The van der Waals surface area contributed by atoms with Crippen molar-refractivity contribution in [1.29, 1.82) is 0 Å². The molecule has 4 rings (SSSR count). The first-order chi connectivity index (χ1) is 11.9. The molecule has 0 bridgehead atoms. The Bertz CT molecular complexity index is 963. The number of fused-ring (bicyclic) bond motifs is 3. The summed E-state index contributed by atoms with van der Waals surface area (Å²) in [6, 6.07) is 10.2.